The maximum atomic E-state index is 13.2. The molecule has 0 saturated carbocycles. The number of carbonyl (C=O) groups excluding carboxylic acids is 2. The molecule has 1 N–H and O–H groups in total. The van der Waals surface area contributed by atoms with Crippen molar-refractivity contribution in [2.24, 2.45) is 13.0 Å². The van der Waals surface area contributed by atoms with Crippen molar-refractivity contribution in [3.05, 3.63) is 77.3 Å². The van der Waals surface area contributed by atoms with Crippen LogP contribution in [0.25, 0.3) is 0 Å². The Labute approximate surface area is 185 Å². The van der Waals surface area contributed by atoms with Crippen LogP contribution in [-0.2, 0) is 16.6 Å². The second-order valence-electron chi connectivity index (χ2n) is 7.47. The number of anilines is 1. The Morgan fingerprint density at radius 3 is 2.65 bits per heavy atom. The van der Waals surface area contributed by atoms with E-state index < -0.39 is 12.0 Å². The highest BCUT2D eigenvalue weighted by Gasteiger charge is 2.37. The van der Waals surface area contributed by atoms with E-state index in [1.165, 1.54) is 0 Å². The monoisotopic (exact) mass is 438 g/mol. The molecule has 1 fully saturated rings. The van der Waals surface area contributed by atoms with Crippen molar-refractivity contribution in [3.8, 4) is 5.75 Å². The molecular weight excluding hydrogens is 416 g/mol. The van der Waals surface area contributed by atoms with Crippen LogP contribution < -0.4 is 15.0 Å². The van der Waals surface area contributed by atoms with Gasteiger partial charge in [-0.15, -0.1) is 0 Å². The van der Waals surface area contributed by atoms with Crippen LogP contribution in [0.3, 0.4) is 0 Å². The van der Waals surface area contributed by atoms with E-state index in [9.17, 15) is 9.59 Å². The second kappa shape index (κ2) is 8.81. The minimum atomic E-state index is -0.479. The molecule has 2 amide bonds. The van der Waals surface area contributed by atoms with Crippen LogP contribution in [0, 0.1) is 5.92 Å². The summed E-state index contributed by atoms with van der Waals surface area (Å²) in [6.07, 6.45) is 3.65. The SMILES string of the molecule is COc1ccccc1N1C[C@@H](C(=O)N[C@H](c2ccc(Cl)cc2)c2nccn2C)CC1=O. The Kier molecular flexibility index (Phi) is 5.95. The van der Waals surface area contributed by atoms with Crippen LogP contribution in [-0.4, -0.2) is 35.0 Å². The van der Waals surface area contributed by atoms with Gasteiger partial charge in [-0.25, -0.2) is 4.98 Å². The van der Waals surface area contributed by atoms with E-state index in [0.29, 0.717) is 28.8 Å². The molecule has 160 valence electrons. The molecule has 2 atom stereocenters. The number of methoxy groups -OCH3 is 1. The summed E-state index contributed by atoms with van der Waals surface area (Å²) < 4.78 is 7.24. The van der Waals surface area contributed by atoms with Gasteiger partial charge in [0.05, 0.1) is 18.7 Å². The smallest absolute Gasteiger partial charge is 0.227 e. The number of hydrogen-bond acceptors (Lipinski definition) is 4. The van der Waals surface area contributed by atoms with Gasteiger partial charge >= 0.3 is 0 Å². The van der Waals surface area contributed by atoms with Crippen molar-refractivity contribution in [1.29, 1.82) is 0 Å². The van der Waals surface area contributed by atoms with Crippen LogP contribution >= 0.6 is 11.6 Å². The third kappa shape index (κ3) is 4.27. The van der Waals surface area contributed by atoms with Crippen LogP contribution in [0.1, 0.15) is 23.9 Å². The Bertz CT molecular complexity index is 1100. The summed E-state index contributed by atoms with van der Waals surface area (Å²) in [6.45, 7) is 0.291. The Morgan fingerprint density at radius 1 is 1.23 bits per heavy atom. The van der Waals surface area contributed by atoms with E-state index in [0.717, 1.165) is 5.56 Å². The lowest BCUT2D eigenvalue weighted by Crippen LogP contribution is -2.37. The zero-order valence-corrected chi connectivity index (χ0v) is 18.0. The average Bonchev–Trinajstić information content (AvgIpc) is 3.38. The summed E-state index contributed by atoms with van der Waals surface area (Å²) in [4.78, 5) is 31.9. The molecule has 1 aliphatic rings. The molecule has 0 aliphatic carbocycles. The number of imidazole rings is 1. The van der Waals surface area contributed by atoms with E-state index in [1.54, 1.807) is 36.4 Å². The molecule has 8 heteroatoms. The summed E-state index contributed by atoms with van der Waals surface area (Å²) >= 11 is 6.04. The highest BCUT2D eigenvalue weighted by molar-refractivity contribution is 6.30. The minimum Gasteiger partial charge on any atom is -0.495 e. The van der Waals surface area contributed by atoms with Crippen LogP contribution in [0.5, 0.6) is 5.75 Å². The topological polar surface area (TPSA) is 76.5 Å². The third-order valence-corrected chi connectivity index (χ3v) is 5.73. The summed E-state index contributed by atoms with van der Waals surface area (Å²) in [5.41, 5.74) is 1.53. The predicted octanol–water partition coefficient (Wildman–Crippen LogP) is 3.34. The zero-order chi connectivity index (χ0) is 22.0. The number of carbonyl (C=O) groups is 2. The molecular formula is C23H23ClN4O3. The predicted molar refractivity (Wildman–Crippen MR) is 118 cm³/mol. The van der Waals surface area contributed by atoms with E-state index >= 15 is 0 Å². The van der Waals surface area contributed by atoms with Gasteiger partial charge in [0.15, 0.2) is 0 Å². The van der Waals surface area contributed by atoms with Gasteiger partial charge in [-0.2, -0.15) is 0 Å². The number of para-hydroxylation sites is 2. The maximum Gasteiger partial charge on any atom is 0.227 e. The first-order valence-electron chi connectivity index (χ1n) is 9.94. The number of amides is 2. The van der Waals surface area contributed by atoms with Gasteiger partial charge in [0, 0.05) is 37.4 Å². The lowest BCUT2D eigenvalue weighted by atomic mass is 10.0. The normalized spacial score (nSPS) is 16.9. The van der Waals surface area contributed by atoms with Crippen molar-refractivity contribution in [3.63, 3.8) is 0 Å². The highest BCUT2D eigenvalue weighted by atomic mass is 35.5. The number of hydrogen-bond donors (Lipinski definition) is 1. The number of nitrogens with zero attached hydrogens (tertiary/aromatic N) is 3. The van der Waals surface area contributed by atoms with E-state index in [1.807, 2.05) is 48.1 Å². The van der Waals surface area contributed by atoms with Gasteiger partial charge in [-0.3, -0.25) is 9.59 Å². The van der Waals surface area contributed by atoms with Gasteiger partial charge in [0.2, 0.25) is 11.8 Å². The summed E-state index contributed by atoms with van der Waals surface area (Å²) in [5.74, 6) is 0.511. The number of ether oxygens (including phenoxy) is 1. The molecule has 0 spiro atoms. The maximum absolute atomic E-state index is 13.2. The van der Waals surface area contributed by atoms with Gasteiger partial charge in [-0.1, -0.05) is 35.9 Å². The average molecular weight is 439 g/mol. The number of halogens is 1. The Balaban J connectivity index is 1.56. The van der Waals surface area contributed by atoms with Gasteiger partial charge in [-0.05, 0) is 29.8 Å². The van der Waals surface area contributed by atoms with Gasteiger partial charge in [0.25, 0.3) is 0 Å². The quantitative estimate of drug-likeness (QED) is 0.640. The van der Waals surface area contributed by atoms with E-state index in [4.69, 9.17) is 16.3 Å². The molecule has 4 rings (SSSR count). The molecule has 2 aromatic carbocycles. The Hall–Kier alpha value is -3.32. The zero-order valence-electron chi connectivity index (χ0n) is 17.3. The molecule has 1 saturated heterocycles. The van der Waals surface area contributed by atoms with Crippen molar-refractivity contribution in [2.45, 2.75) is 12.5 Å². The summed E-state index contributed by atoms with van der Waals surface area (Å²) in [7, 11) is 3.44. The van der Waals surface area contributed by atoms with Gasteiger partial charge < -0.3 is 19.5 Å². The van der Waals surface area contributed by atoms with Crippen molar-refractivity contribution in [1.82, 2.24) is 14.9 Å². The molecule has 1 aromatic heterocycles. The molecule has 3 aromatic rings. The molecule has 0 unspecified atom stereocenters. The fourth-order valence-corrected chi connectivity index (χ4v) is 3.96. The number of nitrogens with one attached hydrogen (secondary N) is 1. The van der Waals surface area contributed by atoms with Crippen LogP contribution in [0.4, 0.5) is 5.69 Å². The molecule has 31 heavy (non-hydrogen) atoms. The second-order valence-corrected chi connectivity index (χ2v) is 7.90. The first-order valence-corrected chi connectivity index (χ1v) is 10.3. The standard InChI is InChI=1S/C23H23ClN4O3/c1-27-12-11-25-22(27)21(15-7-9-17(24)10-8-15)26-23(30)16-13-20(29)28(14-16)18-5-3-4-6-19(18)31-2/h3-12,16,21H,13-14H2,1-2H3,(H,26,30)/t16-,21+/m0/s1. The number of rotatable bonds is 6. The van der Waals surface area contributed by atoms with E-state index in [2.05, 4.69) is 10.3 Å². The summed E-state index contributed by atoms with van der Waals surface area (Å²) in [6, 6.07) is 14.1. The first-order chi connectivity index (χ1) is 15.0. The van der Waals surface area contributed by atoms with Gasteiger partial charge in [0.1, 0.15) is 17.6 Å². The third-order valence-electron chi connectivity index (χ3n) is 5.48. The molecule has 7 nitrogen and oxygen atoms in total. The molecule has 0 bridgehead atoms. The lowest BCUT2D eigenvalue weighted by Gasteiger charge is -2.22. The largest absolute Gasteiger partial charge is 0.495 e. The molecule has 2 heterocycles. The summed E-state index contributed by atoms with van der Waals surface area (Å²) in [5, 5.41) is 3.70. The minimum absolute atomic E-state index is 0.107. The number of aryl methyl sites for hydroxylation is 1. The van der Waals surface area contributed by atoms with Crippen LogP contribution in [0.2, 0.25) is 5.02 Å². The van der Waals surface area contributed by atoms with Crippen molar-refractivity contribution < 1.29 is 14.3 Å². The van der Waals surface area contributed by atoms with Crippen molar-refractivity contribution in [2.75, 3.05) is 18.6 Å². The number of benzene rings is 2. The molecule has 0 radical (unpaired) electrons. The molecule has 1 aliphatic heterocycles. The fraction of sp³-hybridized carbons (Fsp3) is 0.261. The van der Waals surface area contributed by atoms with Crippen LogP contribution in [0.15, 0.2) is 60.9 Å². The number of aromatic nitrogens is 2. The lowest BCUT2D eigenvalue weighted by molar-refractivity contribution is -0.126. The highest BCUT2D eigenvalue weighted by Crippen LogP contribution is 2.33. The fourth-order valence-electron chi connectivity index (χ4n) is 3.84. The van der Waals surface area contributed by atoms with Crippen molar-refractivity contribution >= 4 is 29.1 Å². The Morgan fingerprint density at radius 2 is 1.97 bits per heavy atom. The first kappa shape index (κ1) is 20.9. The van der Waals surface area contributed by atoms with E-state index in [-0.39, 0.29) is 18.2 Å².